The second kappa shape index (κ2) is 54.2. The highest BCUT2D eigenvalue weighted by atomic mass is 19.3. The SMILES string of the molecule is C.CF.FCCCF.FCF. The third-order valence-corrected chi connectivity index (χ3v) is 0.267. The van der Waals surface area contributed by atoms with Crippen molar-refractivity contribution in [3.05, 3.63) is 0 Å². The first-order valence-corrected chi connectivity index (χ1v) is 2.45. The molecule has 0 aromatic rings. The van der Waals surface area contributed by atoms with Gasteiger partial charge in [0.05, 0.1) is 20.5 Å². The van der Waals surface area contributed by atoms with Crippen LogP contribution in [-0.2, 0) is 0 Å². The molecule has 0 aliphatic carbocycles. The van der Waals surface area contributed by atoms with Gasteiger partial charge in [-0.25, -0.2) is 8.78 Å². The maximum absolute atomic E-state index is 10.8. The molecule has 0 radical (unpaired) electrons. The molecule has 0 aromatic heterocycles. The molecule has 0 amide bonds. The number of alkyl halides is 5. The fraction of sp³-hybridized carbons (Fsp3) is 1.00. The topological polar surface area (TPSA) is 0 Å². The van der Waals surface area contributed by atoms with E-state index in [2.05, 4.69) is 0 Å². The molecule has 0 aliphatic heterocycles. The maximum atomic E-state index is 10.8. The van der Waals surface area contributed by atoms with E-state index in [9.17, 15) is 22.0 Å². The van der Waals surface area contributed by atoms with E-state index in [0.717, 1.165) is 0 Å². The quantitative estimate of drug-likeness (QED) is 0.574. The highest BCUT2D eigenvalue weighted by molar-refractivity contribution is 4.23. The zero-order valence-electron chi connectivity index (χ0n) is 5.72. The molecule has 0 saturated carbocycles. The Morgan fingerprint density at radius 1 is 0.818 bits per heavy atom. The first-order chi connectivity index (χ1) is 4.83. The number of rotatable bonds is 2. The van der Waals surface area contributed by atoms with Gasteiger partial charge in [0.2, 0.25) is 6.93 Å². The van der Waals surface area contributed by atoms with E-state index in [1.165, 1.54) is 0 Å². The molecule has 0 aliphatic rings. The van der Waals surface area contributed by atoms with Crippen molar-refractivity contribution in [2.24, 2.45) is 0 Å². The van der Waals surface area contributed by atoms with Crippen LogP contribution in [0.4, 0.5) is 22.0 Å². The van der Waals surface area contributed by atoms with Crippen LogP contribution < -0.4 is 0 Å². The largest absolute Gasteiger partial charge is 0.255 e. The van der Waals surface area contributed by atoms with Gasteiger partial charge >= 0.3 is 0 Å². The van der Waals surface area contributed by atoms with Crippen LogP contribution in [0.1, 0.15) is 13.8 Å². The Balaban J connectivity index is -0.0000000360. The van der Waals surface area contributed by atoms with Gasteiger partial charge in [0.15, 0.2) is 0 Å². The summed E-state index contributed by atoms with van der Waals surface area (Å²) in [6.07, 6.45) is 0.0556. The van der Waals surface area contributed by atoms with Gasteiger partial charge in [-0.1, -0.05) is 7.43 Å². The van der Waals surface area contributed by atoms with Gasteiger partial charge in [-0.2, -0.15) is 0 Å². The summed E-state index contributed by atoms with van der Waals surface area (Å²) in [5.41, 5.74) is 0. The van der Waals surface area contributed by atoms with Crippen LogP contribution >= 0.6 is 0 Å². The average Bonchev–Trinajstić information content (AvgIpc) is 1.96. The third-order valence-electron chi connectivity index (χ3n) is 0.267. The van der Waals surface area contributed by atoms with Crippen LogP contribution in [0.5, 0.6) is 0 Å². The van der Waals surface area contributed by atoms with E-state index in [1.807, 2.05) is 0 Å². The molecule has 0 rings (SSSR count). The molecule has 0 bridgehead atoms. The second-order valence-electron chi connectivity index (χ2n) is 0.833. The van der Waals surface area contributed by atoms with E-state index in [1.54, 1.807) is 0 Å². The van der Waals surface area contributed by atoms with E-state index in [-0.39, 0.29) is 13.8 Å². The monoisotopic (exact) mass is 182 g/mol. The Labute approximate surface area is 64.4 Å². The Hall–Kier alpha value is -0.350. The van der Waals surface area contributed by atoms with Gasteiger partial charge in [-0.15, -0.1) is 0 Å². The average molecular weight is 182 g/mol. The zero-order valence-corrected chi connectivity index (χ0v) is 5.72. The number of hydrogen-bond acceptors (Lipinski definition) is 0. The van der Waals surface area contributed by atoms with Crippen molar-refractivity contribution in [3.8, 4) is 0 Å². The maximum Gasteiger partial charge on any atom is 0.229 e. The molecule has 0 heterocycles. The molecule has 0 aromatic carbocycles. The molecule has 0 fully saturated rings. The van der Waals surface area contributed by atoms with Gasteiger partial charge in [0.25, 0.3) is 0 Å². The minimum atomic E-state index is -1.75. The van der Waals surface area contributed by atoms with E-state index in [0.29, 0.717) is 7.18 Å². The highest BCUT2D eigenvalue weighted by Crippen LogP contribution is 1.77. The summed E-state index contributed by atoms with van der Waals surface area (Å²) < 4.78 is 50.3. The van der Waals surface area contributed by atoms with Crippen LogP contribution in [-0.4, -0.2) is 27.5 Å². The van der Waals surface area contributed by atoms with Crippen LogP contribution in [0.25, 0.3) is 0 Å². The molecule has 0 nitrogen and oxygen atoms in total. The molecular formula is C6H15F5. The standard InChI is InChI=1S/C3H6F2.CH2F2.CH3F.CH4/c4-2-1-3-5;2-1-3;1-2;/h1-3H2;1H2;1H3;1H4. The van der Waals surface area contributed by atoms with Crippen LogP contribution in [0.3, 0.4) is 0 Å². The fourth-order valence-corrected chi connectivity index (χ4v) is 0.0505. The predicted molar refractivity (Wildman–Crippen MR) is 37.4 cm³/mol. The van der Waals surface area contributed by atoms with E-state index in [4.69, 9.17) is 0 Å². The lowest BCUT2D eigenvalue weighted by atomic mass is 10.5. The number of hydrogen-bond donors (Lipinski definition) is 0. The fourth-order valence-electron chi connectivity index (χ4n) is 0.0505. The van der Waals surface area contributed by atoms with Crippen molar-refractivity contribution in [3.63, 3.8) is 0 Å². The van der Waals surface area contributed by atoms with Crippen molar-refractivity contribution in [2.45, 2.75) is 13.8 Å². The minimum Gasteiger partial charge on any atom is -0.255 e. The van der Waals surface area contributed by atoms with Crippen LogP contribution in [0.2, 0.25) is 0 Å². The Morgan fingerprint density at radius 3 is 1.00 bits per heavy atom. The summed E-state index contributed by atoms with van der Waals surface area (Å²) in [5, 5.41) is 0. The Bertz CT molecular complexity index is 24.9. The van der Waals surface area contributed by atoms with E-state index < -0.39 is 20.3 Å². The van der Waals surface area contributed by atoms with Gasteiger partial charge in [0, 0.05) is 6.42 Å². The summed E-state index contributed by atoms with van der Waals surface area (Å²) in [4.78, 5) is 0. The summed E-state index contributed by atoms with van der Waals surface area (Å²) in [5.74, 6) is 0. The van der Waals surface area contributed by atoms with Crippen molar-refractivity contribution in [2.75, 3.05) is 27.5 Å². The Kier molecular flexibility index (Phi) is 110. The lowest BCUT2D eigenvalue weighted by molar-refractivity contribution is 0.295. The first-order valence-electron chi connectivity index (χ1n) is 2.45. The first kappa shape index (κ1) is 22.4. The molecule has 0 spiro atoms. The lowest BCUT2D eigenvalue weighted by Gasteiger charge is -1.73. The summed E-state index contributed by atoms with van der Waals surface area (Å²) >= 11 is 0. The van der Waals surface area contributed by atoms with Crippen LogP contribution in [0.15, 0.2) is 0 Å². The highest BCUT2D eigenvalue weighted by Gasteiger charge is 1.75. The lowest BCUT2D eigenvalue weighted by Crippen LogP contribution is -1.73. The van der Waals surface area contributed by atoms with Gasteiger partial charge in [-0.05, 0) is 0 Å². The molecule has 5 heteroatoms. The molecule has 0 N–H and O–H groups in total. The van der Waals surface area contributed by atoms with Gasteiger partial charge < -0.3 is 0 Å². The molecular weight excluding hydrogens is 167 g/mol. The van der Waals surface area contributed by atoms with Crippen molar-refractivity contribution < 1.29 is 22.0 Å². The summed E-state index contributed by atoms with van der Waals surface area (Å²) in [7, 11) is 0.500. The molecule has 74 valence electrons. The molecule has 0 atom stereocenters. The Morgan fingerprint density at radius 2 is 1.00 bits per heavy atom. The van der Waals surface area contributed by atoms with Gasteiger partial charge in [-0.3, -0.25) is 13.2 Å². The zero-order chi connectivity index (χ0) is 8.83. The smallest absolute Gasteiger partial charge is 0.229 e. The molecule has 0 saturated heterocycles. The van der Waals surface area contributed by atoms with Gasteiger partial charge in [0.1, 0.15) is 0 Å². The third kappa shape index (κ3) is 207. The summed E-state index contributed by atoms with van der Waals surface area (Å²) in [6, 6.07) is 0. The molecule has 11 heavy (non-hydrogen) atoms. The van der Waals surface area contributed by atoms with Crippen LogP contribution in [0, 0.1) is 0 Å². The second-order valence-corrected chi connectivity index (χ2v) is 0.833. The molecule has 0 unspecified atom stereocenters. The van der Waals surface area contributed by atoms with Crippen molar-refractivity contribution >= 4 is 0 Å². The summed E-state index contributed by atoms with van der Waals surface area (Å²) in [6.45, 7) is -2.81. The number of halogens is 5. The normalized spacial score (nSPS) is 6.00. The minimum absolute atomic E-state index is 0. The van der Waals surface area contributed by atoms with Crippen molar-refractivity contribution in [1.29, 1.82) is 0 Å². The van der Waals surface area contributed by atoms with E-state index >= 15 is 0 Å². The van der Waals surface area contributed by atoms with Crippen molar-refractivity contribution in [1.82, 2.24) is 0 Å². The predicted octanol–water partition coefficient (Wildman–Crippen LogP) is 3.42.